The quantitative estimate of drug-likeness (QED) is 0.643. The summed E-state index contributed by atoms with van der Waals surface area (Å²) < 4.78 is 33.1. The smallest absolute Gasteiger partial charge is 0.293 e. The van der Waals surface area contributed by atoms with Gasteiger partial charge in [-0.25, -0.2) is 13.1 Å². The van der Waals surface area contributed by atoms with Crippen molar-refractivity contribution in [1.29, 1.82) is 0 Å². The maximum atomic E-state index is 12.4. The van der Waals surface area contributed by atoms with E-state index < -0.39 is 20.5 Å². The van der Waals surface area contributed by atoms with E-state index in [2.05, 4.69) is 4.72 Å². The molecule has 2 atom stereocenters. The molecule has 0 saturated carbocycles. The highest BCUT2D eigenvalue weighted by atomic mass is 32.2. The number of benzene rings is 1. The third-order valence-electron chi connectivity index (χ3n) is 3.65. The zero-order valence-corrected chi connectivity index (χ0v) is 16.0. The summed E-state index contributed by atoms with van der Waals surface area (Å²) in [6.07, 6.45) is -0.122. The molecular formula is C16H25N3O5S. The molecule has 140 valence electrons. The van der Waals surface area contributed by atoms with Crippen LogP contribution in [0.25, 0.3) is 0 Å². The number of nitro groups is 1. The molecule has 9 heteroatoms. The van der Waals surface area contributed by atoms with Gasteiger partial charge in [0.1, 0.15) is 5.69 Å². The number of nitro benzene ring substituents is 1. The largest absolute Gasteiger partial charge is 0.372 e. The van der Waals surface area contributed by atoms with Crippen molar-refractivity contribution < 1.29 is 18.1 Å². The zero-order valence-electron chi connectivity index (χ0n) is 15.1. The van der Waals surface area contributed by atoms with Crippen molar-refractivity contribution >= 4 is 21.4 Å². The van der Waals surface area contributed by atoms with Crippen LogP contribution in [0.4, 0.5) is 11.4 Å². The first kappa shape index (κ1) is 19.6. The van der Waals surface area contributed by atoms with Crippen molar-refractivity contribution in [2.45, 2.75) is 57.3 Å². The molecule has 1 N–H and O–H groups in total. The molecule has 1 fully saturated rings. The second-order valence-electron chi connectivity index (χ2n) is 7.43. The van der Waals surface area contributed by atoms with Crippen molar-refractivity contribution in [1.82, 2.24) is 4.72 Å². The van der Waals surface area contributed by atoms with Crippen molar-refractivity contribution in [3.63, 3.8) is 0 Å². The number of nitrogens with one attached hydrogen (secondary N) is 1. The molecule has 0 spiro atoms. The molecular weight excluding hydrogens is 346 g/mol. The second-order valence-corrected chi connectivity index (χ2v) is 9.11. The van der Waals surface area contributed by atoms with Gasteiger partial charge in [0, 0.05) is 24.7 Å². The van der Waals surface area contributed by atoms with Gasteiger partial charge in [-0.3, -0.25) is 10.1 Å². The van der Waals surface area contributed by atoms with Crippen molar-refractivity contribution in [2.24, 2.45) is 0 Å². The van der Waals surface area contributed by atoms with Crippen molar-refractivity contribution in [2.75, 3.05) is 18.0 Å². The number of rotatable bonds is 4. The van der Waals surface area contributed by atoms with E-state index in [0.29, 0.717) is 18.8 Å². The lowest BCUT2D eigenvalue weighted by Crippen LogP contribution is -2.45. The minimum absolute atomic E-state index is 0.0608. The summed E-state index contributed by atoms with van der Waals surface area (Å²) in [5.41, 5.74) is -0.499. The van der Waals surface area contributed by atoms with E-state index in [0.717, 1.165) is 6.07 Å². The normalized spacial score (nSPS) is 22.0. The van der Waals surface area contributed by atoms with Crippen LogP contribution in [-0.4, -0.2) is 44.2 Å². The third-order valence-corrected chi connectivity index (χ3v) is 5.41. The standard InChI is InChI=1S/C16H25N3O5S/c1-11-9-18(10-12(2)24-11)14-7-6-13(8-15(14)19(20)21)25(22,23)17-16(3,4)5/h6-8,11-12,17H,9-10H2,1-5H3/t11-,12-/m1/s1. The van der Waals surface area contributed by atoms with Crippen LogP contribution < -0.4 is 9.62 Å². The highest BCUT2D eigenvalue weighted by Gasteiger charge is 2.30. The van der Waals surface area contributed by atoms with Crippen LogP contribution in [0.2, 0.25) is 0 Å². The highest BCUT2D eigenvalue weighted by molar-refractivity contribution is 7.89. The fraction of sp³-hybridized carbons (Fsp3) is 0.625. The van der Waals surface area contributed by atoms with Gasteiger partial charge in [-0.2, -0.15) is 0 Å². The van der Waals surface area contributed by atoms with Gasteiger partial charge in [0.25, 0.3) is 5.69 Å². The van der Waals surface area contributed by atoms with Gasteiger partial charge < -0.3 is 9.64 Å². The van der Waals surface area contributed by atoms with E-state index in [1.807, 2.05) is 18.7 Å². The molecule has 1 aromatic carbocycles. The number of ether oxygens (including phenoxy) is 1. The van der Waals surface area contributed by atoms with Crippen LogP contribution in [0.5, 0.6) is 0 Å². The Bertz CT molecular complexity index is 748. The third kappa shape index (κ3) is 4.90. The molecule has 8 nitrogen and oxygen atoms in total. The lowest BCUT2D eigenvalue weighted by molar-refractivity contribution is -0.384. The average molecular weight is 371 g/mol. The molecule has 0 aliphatic carbocycles. The molecule has 0 unspecified atom stereocenters. The van der Waals surface area contributed by atoms with Gasteiger partial charge in [0.2, 0.25) is 10.0 Å². The molecule has 0 radical (unpaired) electrons. The Hall–Kier alpha value is -1.71. The van der Waals surface area contributed by atoms with E-state index in [4.69, 9.17) is 4.74 Å². The van der Waals surface area contributed by atoms with Crippen LogP contribution >= 0.6 is 0 Å². The maximum absolute atomic E-state index is 12.4. The average Bonchev–Trinajstić information content (AvgIpc) is 2.43. The predicted octanol–water partition coefficient (Wildman–Crippen LogP) is 2.29. The first-order valence-corrected chi connectivity index (χ1v) is 9.60. The topological polar surface area (TPSA) is 102 Å². The molecule has 1 aliphatic rings. The summed E-state index contributed by atoms with van der Waals surface area (Å²) in [5.74, 6) is 0. The van der Waals surface area contributed by atoms with E-state index >= 15 is 0 Å². The molecule has 1 aliphatic heterocycles. The maximum Gasteiger partial charge on any atom is 0.293 e. The molecule has 1 heterocycles. The zero-order chi connectivity index (χ0) is 19.0. The van der Waals surface area contributed by atoms with Crippen LogP contribution in [0, 0.1) is 10.1 Å². The Morgan fingerprint density at radius 2 is 1.80 bits per heavy atom. The highest BCUT2D eigenvalue weighted by Crippen LogP contribution is 2.33. The molecule has 0 amide bonds. The van der Waals surface area contributed by atoms with Crippen LogP contribution in [0.15, 0.2) is 23.1 Å². The van der Waals surface area contributed by atoms with E-state index in [1.165, 1.54) is 12.1 Å². The number of hydrogen-bond acceptors (Lipinski definition) is 6. The van der Waals surface area contributed by atoms with Crippen molar-refractivity contribution in [3.8, 4) is 0 Å². The molecule has 1 aromatic rings. The number of nitrogens with zero attached hydrogens (tertiary/aromatic N) is 2. The number of hydrogen-bond donors (Lipinski definition) is 1. The second kappa shape index (κ2) is 6.89. The van der Waals surface area contributed by atoms with Gasteiger partial charge in [-0.15, -0.1) is 0 Å². The summed E-state index contributed by atoms with van der Waals surface area (Å²) in [6, 6.07) is 4.02. The van der Waals surface area contributed by atoms with Gasteiger partial charge >= 0.3 is 0 Å². The van der Waals surface area contributed by atoms with E-state index in [1.54, 1.807) is 20.8 Å². The van der Waals surface area contributed by atoms with Gasteiger partial charge in [0.05, 0.1) is 22.0 Å². The SMILES string of the molecule is C[C@@H]1CN(c2ccc(S(=O)(=O)NC(C)(C)C)cc2[N+](=O)[O-])C[C@@H](C)O1. The Morgan fingerprint density at radius 3 is 2.28 bits per heavy atom. The minimum atomic E-state index is -3.84. The predicted molar refractivity (Wildman–Crippen MR) is 95.4 cm³/mol. The summed E-state index contributed by atoms with van der Waals surface area (Å²) in [6.45, 7) is 9.97. The molecule has 1 saturated heterocycles. The summed E-state index contributed by atoms with van der Waals surface area (Å²) in [5, 5.41) is 11.5. The van der Waals surface area contributed by atoms with Crippen LogP contribution in [0.3, 0.4) is 0 Å². The number of anilines is 1. The molecule has 0 aromatic heterocycles. The van der Waals surface area contributed by atoms with E-state index in [-0.39, 0.29) is 22.8 Å². The summed E-state index contributed by atoms with van der Waals surface area (Å²) in [7, 11) is -3.84. The Kier molecular flexibility index (Phi) is 5.41. The summed E-state index contributed by atoms with van der Waals surface area (Å²) >= 11 is 0. The van der Waals surface area contributed by atoms with Gasteiger partial charge in [0.15, 0.2) is 0 Å². The lowest BCUT2D eigenvalue weighted by atomic mass is 10.1. The fourth-order valence-electron chi connectivity index (χ4n) is 2.92. The van der Waals surface area contributed by atoms with Gasteiger partial charge in [-0.05, 0) is 46.8 Å². The Morgan fingerprint density at radius 1 is 1.24 bits per heavy atom. The van der Waals surface area contributed by atoms with Gasteiger partial charge in [-0.1, -0.05) is 0 Å². The monoisotopic (exact) mass is 371 g/mol. The Balaban J connectivity index is 2.43. The van der Waals surface area contributed by atoms with Crippen LogP contribution in [-0.2, 0) is 14.8 Å². The molecule has 25 heavy (non-hydrogen) atoms. The van der Waals surface area contributed by atoms with E-state index in [9.17, 15) is 18.5 Å². The Labute approximate surface area is 148 Å². The first-order valence-electron chi connectivity index (χ1n) is 8.12. The molecule has 2 rings (SSSR count). The minimum Gasteiger partial charge on any atom is -0.372 e. The summed E-state index contributed by atoms with van der Waals surface area (Å²) in [4.78, 5) is 12.7. The fourth-order valence-corrected chi connectivity index (χ4v) is 4.36. The number of sulfonamides is 1. The molecule has 0 bridgehead atoms. The lowest BCUT2D eigenvalue weighted by Gasteiger charge is -2.36. The van der Waals surface area contributed by atoms with Crippen molar-refractivity contribution in [3.05, 3.63) is 28.3 Å². The van der Waals surface area contributed by atoms with Crippen LogP contribution in [0.1, 0.15) is 34.6 Å². The first-order chi connectivity index (χ1) is 11.4. The number of morpholine rings is 1.